The molecule has 2 aromatic rings. The molecule has 0 aliphatic carbocycles. The number of rotatable bonds is 7. The fourth-order valence-corrected chi connectivity index (χ4v) is 5.63. The lowest BCUT2D eigenvalue weighted by atomic mass is 10.1. The maximum absolute atomic E-state index is 13.5. The summed E-state index contributed by atoms with van der Waals surface area (Å²) >= 11 is 0. The number of halogens is 2. The molecule has 2 fully saturated rings. The van der Waals surface area contributed by atoms with E-state index in [4.69, 9.17) is 0 Å². The molecule has 182 valence electrons. The van der Waals surface area contributed by atoms with Gasteiger partial charge in [0.15, 0.2) is 0 Å². The molecule has 2 aliphatic rings. The van der Waals surface area contributed by atoms with Gasteiger partial charge in [-0.25, -0.2) is 17.2 Å². The SMILES string of the molecule is O=C(NCCN1CCN(S(=O)(=O)c2ccc(F)cc2)CC1)C1CC(=O)N(c2cccc(F)c2)C1. The standard InChI is InChI=1S/C23H26F2N4O4S/c24-18-4-6-21(7-5-18)34(32,33)28-12-10-27(11-13-28)9-8-26-23(31)17-14-22(30)29(16-17)20-3-1-2-19(25)15-20/h1-7,15,17H,8-14,16H2,(H,26,31). The molecule has 0 spiro atoms. The third-order valence-corrected chi connectivity index (χ3v) is 8.04. The van der Waals surface area contributed by atoms with Gasteiger partial charge in [-0.15, -0.1) is 0 Å². The largest absolute Gasteiger partial charge is 0.355 e. The first-order valence-electron chi connectivity index (χ1n) is 11.1. The van der Waals surface area contributed by atoms with Gasteiger partial charge in [0.05, 0.1) is 10.8 Å². The third kappa shape index (κ3) is 5.43. The third-order valence-electron chi connectivity index (χ3n) is 6.13. The number of anilines is 1. The van der Waals surface area contributed by atoms with Gasteiger partial charge in [-0.1, -0.05) is 6.07 Å². The van der Waals surface area contributed by atoms with Crippen molar-refractivity contribution in [1.29, 1.82) is 0 Å². The Bertz CT molecular complexity index is 1150. The van der Waals surface area contributed by atoms with E-state index in [9.17, 15) is 26.8 Å². The predicted octanol–water partition coefficient (Wildman–Crippen LogP) is 1.44. The van der Waals surface area contributed by atoms with Crippen LogP contribution < -0.4 is 10.2 Å². The van der Waals surface area contributed by atoms with Crippen LogP contribution in [0.4, 0.5) is 14.5 Å². The zero-order chi connectivity index (χ0) is 24.3. The molecule has 1 N–H and O–H groups in total. The number of hydrogen-bond donors (Lipinski definition) is 1. The summed E-state index contributed by atoms with van der Waals surface area (Å²) in [5, 5.41) is 2.85. The average molecular weight is 493 g/mol. The van der Waals surface area contributed by atoms with Gasteiger partial charge in [0.25, 0.3) is 0 Å². The van der Waals surface area contributed by atoms with Crippen molar-refractivity contribution in [3.05, 3.63) is 60.2 Å². The van der Waals surface area contributed by atoms with E-state index in [-0.39, 0.29) is 29.7 Å². The Balaban J connectivity index is 1.22. The average Bonchev–Trinajstić information content (AvgIpc) is 3.21. The van der Waals surface area contributed by atoms with Gasteiger partial charge in [-0.3, -0.25) is 14.5 Å². The molecule has 34 heavy (non-hydrogen) atoms. The first-order valence-corrected chi connectivity index (χ1v) is 12.5. The Hall–Kier alpha value is -2.89. The minimum atomic E-state index is -3.67. The fourth-order valence-electron chi connectivity index (χ4n) is 4.21. The minimum absolute atomic E-state index is 0.0630. The highest BCUT2D eigenvalue weighted by molar-refractivity contribution is 7.89. The highest BCUT2D eigenvalue weighted by Gasteiger charge is 2.35. The summed E-state index contributed by atoms with van der Waals surface area (Å²) in [5.74, 6) is -1.89. The van der Waals surface area contributed by atoms with Crippen LogP contribution in [0.5, 0.6) is 0 Å². The number of benzene rings is 2. The van der Waals surface area contributed by atoms with Crippen LogP contribution in [-0.4, -0.2) is 75.3 Å². The second-order valence-corrected chi connectivity index (χ2v) is 10.3. The van der Waals surface area contributed by atoms with Crippen LogP contribution in [0.25, 0.3) is 0 Å². The van der Waals surface area contributed by atoms with Crippen molar-refractivity contribution < 1.29 is 26.8 Å². The van der Waals surface area contributed by atoms with E-state index in [1.165, 1.54) is 39.5 Å². The second kappa shape index (κ2) is 10.2. The van der Waals surface area contributed by atoms with Crippen LogP contribution in [0.1, 0.15) is 6.42 Å². The van der Waals surface area contributed by atoms with Crippen molar-refractivity contribution in [2.75, 3.05) is 50.7 Å². The fraction of sp³-hybridized carbons (Fsp3) is 0.391. The summed E-state index contributed by atoms with van der Waals surface area (Å²) in [7, 11) is -3.67. The zero-order valence-corrected chi connectivity index (χ0v) is 19.3. The van der Waals surface area contributed by atoms with Gasteiger partial charge in [0.1, 0.15) is 11.6 Å². The van der Waals surface area contributed by atoms with Crippen molar-refractivity contribution in [1.82, 2.24) is 14.5 Å². The summed E-state index contributed by atoms with van der Waals surface area (Å²) in [6, 6.07) is 10.5. The van der Waals surface area contributed by atoms with E-state index in [0.29, 0.717) is 45.0 Å². The quantitative estimate of drug-likeness (QED) is 0.632. The lowest BCUT2D eigenvalue weighted by Gasteiger charge is -2.34. The van der Waals surface area contributed by atoms with E-state index in [1.54, 1.807) is 6.07 Å². The number of amides is 2. The molecule has 0 bridgehead atoms. The Morgan fingerprint density at radius 1 is 1.00 bits per heavy atom. The minimum Gasteiger partial charge on any atom is -0.355 e. The molecular formula is C23H26F2N4O4S. The van der Waals surface area contributed by atoms with Gasteiger partial charge in [-0.2, -0.15) is 4.31 Å². The highest BCUT2D eigenvalue weighted by Crippen LogP contribution is 2.25. The number of hydrogen-bond acceptors (Lipinski definition) is 5. The Kier molecular flexibility index (Phi) is 7.24. The number of sulfonamides is 1. The van der Waals surface area contributed by atoms with Crippen LogP contribution >= 0.6 is 0 Å². The maximum Gasteiger partial charge on any atom is 0.243 e. The van der Waals surface area contributed by atoms with Gasteiger partial charge in [0.2, 0.25) is 21.8 Å². The van der Waals surface area contributed by atoms with Gasteiger partial charge >= 0.3 is 0 Å². The van der Waals surface area contributed by atoms with Crippen molar-refractivity contribution in [2.24, 2.45) is 5.92 Å². The lowest BCUT2D eigenvalue weighted by Crippen LogP contribution is -2.50. The van der Waals surface area contributed by atoms with Gasteiger partial charge < -0.3 is 10.2 Å². The summed E-state index contributed by atoms with van der Waals surface area (Å²) in [5.41, 5.74) is 0.439. The molecule has 2 amide bonds. The summed E-state index contributed by atoms with van der Waals surface area (Å²) < 4.78 is 53.3. The molecular weight excluding hydrogens is 466 g/mol. The molecule has 1 unspecified atom stereocenters. The lowest BCUT2D eigenvalue weighted by molar-refractivity contribution is -0.126. The van der Waals surface area contributed by atoms with Crippen LogP contribution in [-0.2, 0) is 19.6 Å². The van der Waals surface area contributed by atoms with Gasteiger partial charge in [0, 0.05) is 57.9 Å². The van der Waals surface area contributed by atoms with E-state index < -0.39 is 27.6 Å². The number of nitrogens with one attached hydrogen (secondary N) is 1. The van der Waals surface area contributed by atoms with Crippen LogP contribution in [0.3, 0.4) is 0 Å². The monoisotopic (exact) mass is 492 g/mol. The summed E-state index contributed by atoms with van der Waals surface area (Å²) in [6.45, 7) is 2.73. The molecule has 4 rings (SSSR count). The highest BCUT2D eigenvalue weighted by atomic mass is 32.2. The smallest absolute Gasteiger partial charge is 0.243 e. The molecule has 2 aromatic carbocycles. The topological polar surface area (TPSA) is 90.0 Å². The summed E-state index contributed by atoms with van der Waals surface area (Å²) in [4.78, 5) is 28.4. The first kappa shape index (κ1) is 24.2. The predicted molar refractivity (Wildman–Crippen MR) is 121 cm³/mol. The van der Waals surface area contributed by atoms with Crippen LogP contribution in [0.2, 0.25) is 0 Å². The van der Waals surface area contributed by atoms with Crippen molar-refractivity contribution in [3.8, 4) is 0 Å². The molecule has 11 heteroatoms. The second-order valence-electron chi connectivity index (χ2n) is 8.38. The molecule has 0 aromatic heterocycles. The molecule has 2 saturated heterocycles. The number of piperazine rings is 1. The number of carbonyl (C=O) groups excluding carboxylic acids is 2. The van der Waals surface area contributed by atoms with E-state index in [1.807, 2.05) is 0 Å². The Labute approximate surface area is 197 Å². The molecule has 0 radical (unpaired) electrons. The number of nitrogens with zero attached hydrogens (tertiary/aromatic N) is 3. The van der Waals surface area contributed by atoms with E-state index in [0.717, 1.165) is 12.1 Å². The number of carbonyl (C=O) groups is 2. The Morgan fingerprint density at radius 2 is 1.71 bits per heavy atom. The molecule has 2 aliphatic heterocycles. The normalized spacial score (nSPS) is 20.0. The first-order chi connectivity index (χ1) is 16.2. The molecule has 2 heterocycles. The van der Waals surface area contributed by atoms with E-state index in [2.05, 4.69) is 10.2 Å². The molecule has 8 nitrogen and oxygen atoms in total. The van der Waals surface area contributed by atoms with Crippen LogP contribution in [0, 0.1) is 17.6 Å². The van der Waals surface area contributed by atoms with Crippen molar-refractivity contribution in [3.63, 3.8) is 0 Å². The van der Waals surface area contributed by atoms with Crippen LogP contribution in [0.15, 0.2) is 53.4 Å². The van der Waals surface area contributed by atoms with Crippen molar-refractivity contribution in [2.45, 2.75) is 11.3 Å². The molecule has 1 atom stereocenters. The van der Waals surface area contributed by atoms with Crippen molar-refractivity contribution >= 4 is 27.5 Å². The zero-order valence-electron chi connectivity index (χ0n) is 18.5. The molecule has 0 saturated carbocycles. The van der Waals surface area contributed by atoms with E-state index >= 15 is 0 Å². The van der Waals surface area contributed by atoms with Gasteiger partial charge in [-0.05, 0) is 42.5 Å². The maximum atomic E-state index is 13.5. The Morgan fingerprint density at radius 3 is 2.38 bits per heavy atom. The summed E-state index contributed by atoms with van der Waals surface area (Å²) in [6.07, 6.45) is 0.0717.